The fraction of sp³-hybridized carbons (Fsp3) is 0.571. The van der Waals surface area contributed by atoms with Crippen molar-refractivity contribution in [3.8, 4) is 23.4 Å². The highest BCUT2D eigenvalue weighted by molar-refractivity contribution is 7.90. The summed E-state index contributed by atoms with van der Waals surface area (Å²) in [7, 11) is -8.40. The first-order valence-electron chi connectivity index (χ1n) is 28.1. The predicted octanol–water partition coefficient (Wildman–Crippen LogP) is 8.56. The molecule has 9 heterocycles. The molecule has 82 heavy (non-hydrogen) atoms. The standard InChI is InChI=1S/C28H38ClN7O4S.C28H37N7O4S.ClH/c1-19-18-35(13-5-6-20-16-27(2,3)30-17-20)33-26(19)41(38,39)34-25(37)21-7-8-22(31-24(21)29)36-14-9-23(32-36)40-15-12-28(4)10-11-28;1-19-17-33-13-5-6-20-16-27(2,3)34(18-20)24-21(25(36)32-40(37,38)26(19)31-33)7-8-22(29-24)35-14-9-23(30-35)39-15-12-28(4)10-11-28;/h7-9,14,18,20,30H,5-6,10-13,15-17H2,1-4H3,(H,34,37);7-9,14,17,20H,5-6,10-13,15-16,18H2,1-4H3,(H,32,36);1H. The van der Waals surface area contributed by atoms with E-state index in [9.17, 15) is 26.4 Å². The number of hydrogen-bond donors (Lipinski definition) is 3. The highest BCUT2D eigenvalue weighted by atomic mass is 35.5. The lowest BCUT2D eigenvalue weighted by atomic mass is 9.93. The van der Waals surface area contributed by atoms with Gasteiger partial charge in [0.25, 0.3) is 31.9 Å². The van der Waals surface area contributed by atoms with E-state index in [4.69, 9.17) is 26.1 Å². The van der Waals surface area contributed by atoms with Crippen LogP contribution in [0, 0.1) is 36.5 Å². The Labute approximate surface area is 491 Å². The van der Waals surface area contributed by atoms with E-state index in [1.165, 1.54) is 42.5 Å². The molecule has 22 nitrogen and oxygen atoms in total. The van der Waals surface area contributed by atoms with E-state index in [1.807, 2.05) is 0 Å². The third-order valence-corrected chi connectivity index (χ3v) is 19.6. The summed E-state index contributed by atoms with van der Waals surface area (Å²) in [6.07, 6.45) is 19.6. The first kappa shape index (κ1) is 60.5. The lowest BCUT2D eigenvalue weighted by Gasteiger charge is -2.34. The average molecular weight is 1210 g/mol. The lowest BCUT2D eigenvalue weighted by molar-refractivity contribution is 0.0972. The molecular formula is C56H76Cl2N14O8S2. The molecule has 444 valence electrons. The number of amides is 2. The van der Waals surface area contributed by atoms with Gasteiger partial charge in [-0.2, -0.15) is 27.0 Å². The van der Waals surface area contributed by atoms with Crippen LogP contribution in [0.2, 0.25) is 5.15 Å². The van der Waals surface area contributed by atoms with Crippen LogP contribution in [0.5, 0.6) is 11.8 Å². The first-order chi connectivity index (χ1) is 38.2. The van der Waals surface area contributed by atoms with Gasteiger partial charge in [-0.15, -0.1) is 22.6 Å². The van der Waals surface area contributed by atoms with Gasteiger partial charge in [0.05, 0.1) is 24.3 Å². The van der Waals surface area contributed by atoms with E-state index < -0.39 is 31.9 Å². The third-order valence-electron chi connectivity index (χ3n) is 16.5. The summed E-state index contributed by atoms with van der Waals surface area (Å²) in [5.41, 5.74) is 1.75. The number of carbonyl (C=O) groups is 2. The van der Waals surface area contributed by atoms with Gasteiger partial charge >= 0.3 is 0 Å². The highest BCUT2D eigenvalue weighted by Gasteiger charge is 2.42. The van der Waals surface area contributed by atoms with Crippen molar-refractivity contribution >= 4 is 61.7 Å². The largest absolute Gasteiger partial charge is 0.477 e. The Bertz CT molecular complexity index is 3550. The summed E-state index contributed by atoms with van der Waals surface area (Å²) in [6.45, 7) is 20.7. The SMILES string of the molecule is Cc1cn(CCCC2CNC(C)(C)C2)nc1S(=O)(=O)NC(=O)c1ccc(-n2ccc(OCCC3(C)CC3)n2)nc1Cl.Cc1cn2nc1S(=O)(=O)NC(=O)c1ccc(-n3ccc(OCCC4(C)CC4)n3)nc1N1CC(CCC2)CC1(C)C.Cl. The normalized spacial score (nSPS) is 20.7. The minimum Gasteiger partial charge on any atom is -0.477 e. The molecule has 4 bridgehead atoms. The minimum absolute atomic E-state index is 0. The van der Waals surface area contributed by atoms with Crippen LogP contribution in [0.1, 0.15) is 150 Å². The molecule has 2 amide bonds. The topological polar surface area (TPSA) is 257 Å². The molecule has 4 fully saturated rings. The molecule has 2 aliphatic carbocycles. The van der Waals surface area contributed by atoms with Crippen molar-refractivity contribution in [1.29, 1.82) is 0 Å². The van der Waals surface area contributed by atoms with E-state index in [2.05, 4.69) is 86.6 Å². The monoisotopic (exact) mass is 1210 g/mol. The molecule has 6 aromatic rings. The molecule has 6 aromatic heterocycles. The van der Waals surface area contributed by atoms with Crippen LogP contribution in [0.4, 0.5) is 5.82 Å². The van der Waals surface area contributed by atoms with Gasteiger partial charge in [0.1, 0.15) is 11.0 Å². The number of aryl methyl sites for hydroxylation is 4. The van der Waals surface area contributed by atoms with E-state index in [1.54, 1.807) is 76.9 Å². The number of aromatic nitrogens is 10. The summed E-state index contributed by atoms with van der Waals surface area (Å²) in [5.74, 6) is 1.68. The minimum atomic E-state index is -4.23. The number of halogens is 2. The van der Waals surface area contributed by atoms with Crippen LogP contribution in [-0.2, 0) is 33.1 Å². The molecule has 3 N–H and O–H groups in total. The molecule has 5 aliphatic rings. The zero-order valence-corrected chi connectivity index (χ0v) is 51.1. The number of nitrogens with one attached hydrogen (secondary N) is 3. The smallest absolute Gasteiger partial charge is 0.283 e. The number of hydrogen-bond acceptors (Lipinski definition) is 16. The molecule has 2 saturated heterocycles. The first-order valence-corrected chi connectivity index (χ1v) is 31.4. The number of ether oxygens (including phenoxy) is 2. The molecule has 0 spiro atoms. The second-order valence-electron chi connectivity index (χ2n) is 24.8. The molecule has 2 atom stereocenters. The number of sulfonamides is 2. The van der Waals surface area contributed by atoms with Crippen molar-refractivity contribution in [3.05, 3.63) is 88.6 Å². The average Bonchev–Trinajstić information content (AvgIpc) is 3.41. The number of anilines is 1. The Morgan fingerprint density at radius 1 is 0.829 bits per heavy atom. The maximum atomic E-state index is 13.5. The third kappa shape index (κ3) is 14.3. The van der Waals surface area contributed by atoms with Crippen LogP contribution in [-0.4, -0.2) is 115 Å². The van der Waals surface area contributed by atoms with Crippen molar-refractivity contribution in [2.75, 3.05) is 31.2 Å². The van der Waals surface area contributed by atoms with E-state index in [-0.39, 0.29) is 49.8 Å². The lowest BCUT2D eigenvalue weighted by Crippen LogP contribution is -2.41. The molecule has 2 unspecified atom stereocenters. The van der Waals surface area contributed by atoms with E-state index >= 15 is 0 Å². The van der Waals surface area contributed by atoms with Gasteiger partial charge in [0.15, 0.2) is 21.7 Å². The zero-order chi connectivity index (χ0) is 57.7. The molecule has 2 saturated carbocycles. The van der Waals surface area contributed by atoms with Gasteiger partial charge in [0, 0.05) is 78.8 Å². The van der Waals surface area contributed by atoms with Gasteiger partial charge in [-0.25, -0.2) is 28.8 Å². The summed E-state index contributed by atoms with van der Waals surface area (Å²) < 4.78 is 74.8. The molecular weight excluding hydrogens is 1130 g/mol. The highest BCUT2D eigenvalue weighted by Crippen LogP contribution is 2.49. The van der Waals surface area contributed by atoms with Crippen molar-refractivity contribution in [2.24, 2.45) is 22.7 Å². The van der Waals surface area contributed by atoms with Crippen molar-refractivity contribution in [3.63, 3.8) is 0 Å². The zero-order valence-electron chi connectivity index (χ0n) is 47.9. The Morgan fingerprint density at radius 3 is 2.07 bits per heavy atom. The second kappa shape index (κ2) is 23.5. The van der Waals surface area contributed by atoms with Gasteiger partial charge in [-0.05, 0) is 172 Å². The van der Waals surface area contributed by atoms with Crippen molar-refractivity contribution in [2.45, 2.75) is 167 Å². The molecule has 26 heteroatoms. The van der Waals surface area contributed by atoms with Crippen LogP contribution < -0.4 is 29.1 Å². The number of pyridine rings is 2. The molecule has 0 radical (unpaired) electrons. The van der Waals surface area contributed by atoms with Gasteiger partial charge in [-0.1, -0.05) is 25.4 Å². The van der Waals surface area contributed by atoms with Gasteiger partial charge in [0.2, 0.25) is 11.8 Å². The number of nitrogens with zero attached hydrogens (tertiary/aromatic N) is 11. The van der Waals surface area contributed by atoms with Crippen LogP contribution in [0.25, 0.3) is 11.6 Å². The Hall–Kier alpha value is -6.08. The number of carbonyl (C=O) groups excluding carboxylic acids is 2. The molecule has 3 aliphatic heterocycles. The van der Waals surface area contributed by atoms with Crippen LogP contribution >= 0.6 is 24.0 Å². The Morgan fingerprint density at radius 2 is 1.46 bits per heavy atom. The fourth-order valence-corrected chi connectivity index (χ4v) is 13.7. The summed E-state index contributed by atoms with van der Waals surface area (Å²) in [4.78, 5) is 37.7. The summed E-state index contributed by atoms with van der Waals surface area (Å²) in [5, 5.41) is 20.5. The number of rotatable bonds is 17. The predicted molar refractivity (Wildman–Crippen MR) is 311 cm³/mol. The summed E-state index contributed by atoms with van der Waals surface area (Å²) >= 11 is 6.30. The van der Waals surface area contributed by atoms with E-state index in [0.29, 0.717) is 95.9 Å². The van der Waals surface area contributed by atoms with Gasteiger partial charge < -0.3 is 19.7 Å². The molecule has 11 rings (SSSR count). The second-order valence-corrected chi connectivity index (χ2v) is 28.4. The Balaban J connectivity index is 0.000000195. The Kier molecular flexibility index (Phi) is 17.4. The summed E-state index contributed by atoms with van der Waals surface area (Å²) in [6, 6.07) is 9.79. The van der Waals surface area contributed by atoms with Crippen molar-refractivity contribution in [1.82, 2.24) is 63.9 Å². The van der Waals surface area contributed by atoms with Crippen LogP contribution in [0.15, 0.2) is 71.2 Å². The number of fused-ring (bicyclic) bond motifs is 6. The van der Waals surface area contributed by atoms with E-state index in [0.717, 1.165) is 57.9 Å². The van der Waals surface area contributed by atoms with Crippen LogP contribution in [0.3, 0.4) is 0 Å². The van der Waals surface area contributed by atoms with Crippen molar-refractivity contribution < 1.29 is 35.9 Å². The maximum Gasteiger partial charge on any atom is 0.283 e. The quantitative estimate of drug-likeness (QED) is 0.0723. The molecule has 0 aromatic carbocycles. The van der Waals surface area contributed by atoms with Gasteiger partial charge in [-0.3, -0.25) is 19.0 Å². The fourth-order valence-electron chi connectivity index (χ4n) is 11.2. The maximum absolute atomic E-state index is 13.5.